The molecule has 1 heterocycles. The maximum atomic E-state index is 13.4. The molecule has 2 aromatic rings. The van der Waals surface area contributed by atoms with Crippen molar-refractivity contribution in [3.63, 3.8) is 0 Å². The Bertz CT molecular complexity index is 866. The lowest BCUT2D eigenvalue weighted by atomic mass is 9.78. The molecular formula is C20H21BF3NO3. The van der Waals surface area contributed by atoms with Crippen LogP contribution < -0.4 is 10.8 Å². The Kier molecular flexibility index (Phi) is 5.06. The van der Waals surface area contributed by atoms with Crippen LogP contribution in [0.15, 0.2) is 48.5 Å². The molecule has 8 heteroatoms. The van der Waals surface area contributed by atoms with E-state index in [1.807, 2.05) is 27.7 Å². The van der Waals surface area contributed by atoms with Gasteiger partial charge in [0.15, 0.2) is 0 Å². The number of hydrogen-bond donors (Lipinski definition) is 1. The van der Waals surface area contributed by atoms with E-state index in [4.69, 9.17) is 9.31 Å². The minimum atomic E-state index is -4.58. The largest absolute Gasteiger partial charge is 0.494 e. The number of halogens is 3. The Morgan fingerprint density at radius 3 is 2.07 bits per heavy atom. The number of nitrogens with one attached hydrogen (secondary N) is 1. The highest BCUT2D eigenvalue weighted by Gasteiger charge is 2.52. The van der Waals surface area contributed by atoms with E-state index in [0.717, 1.165) is 12.1 Å². The molecule has 3 rings (SSSR count). The molecule has 0 aromatic heterocycles. The van der Waals surface area contributed by atoms with Gasteiger partial charge < -0.3 is 14.6 Å². The van der Waals surface area contributed by atoms with E-state index in [1.165, 1.54) is 6.07 Å². The van der Waals surface area contributed by atoms with Gasteiger partial charge in [-0.3, -0.25) is 4.79 Å². The maximum Gasteiger partial charge on any atom is 0.494 e. The summed E-state index contributed by atoms with van der Waals surface area (Å²) in [6.45, 7) is 7.27. The van der Waals surface area contributed by atoms with Gasteiger partial charge in [-0.1, -0.05) is 24.3 Å². The molecule has 28 heavy (non-hydrogen) atoms. The minimum Gasteiger partial charge on any atom is -0.399 e. The Hall–Kier alpha value is -2.32. The average Bonchev–Trinajstić information content (AvgIpc) is 2.82. The number of alkyl halides is 3. The highest BCUT2D eigenvalue weighted by molar-refractivity contribution is 6.62. The molecule has 2 aromatic carbocycles. The van der Waals surface area contributed by atoms with Gasteiger partial charge in [-0.2, -0.15) is 13.2 Å². The van der Waals surface area contributed by atoms with Crippen molar-refractivity contribution in [3.05, 3.63) is 59.7 Å². The van der Waals surface area contributed by atoms with Gasteiger partial charge in [-0.05, 0) is 57.4 Å². The molecule has 1 saturated heterocycles. The Balaban J connectivity index is 1.96. The van der Waals surface area contributed by atoms with E-state index >= 15 is 0 Å². The van der Waals surface area contributed by atoms with E-state index in [1.54, 1.807) is 30.3 Å². The normalized spacial score (nSPS) is 18.2. The quantitative estimate of drug-likeness (QED) is 0.796. The van der Waals surface area contributed by atoms with Crippen molar-refractivity contribution in [1.29, 1.82) is 0 Å². The summed E-state index contributed by atoms with van der Waals surface area (Å²) < 4.78 is 51.9. The van der Waals surface area contributed by atoms with Crippen LogP contribution in [0.1, 0.15) is 43.6 Å². The van der Waals surface area contributed by atoms with Gasteiger partial charge in [-0.15, -0.1) is 0 Å². The van der Waals surface area contributed by atoms with Crippen LogP contribution in [0.2, 0.25) is 0 Å². The molecule has 1 amide bonds. The summed E-state index contributed by atoms with van der Waals surface area (Å²) in [5, 5.41) is 2.53. The second-order valence-corrected chi connectivity index (χ2v) is 7.75. The van der Waals surface area contributed by atoms with Gasteiger partial charge in [0.2, 0.25) is 0 Å². The lowest BCUT2D eigenvalue weighted by Gasteiger charge is -2.32. The molecule has 0 saturated carbocycles. The second kappa shape index (κ2) is 6.94. The summed E-state index contributed by atoms with van der Waals surface area (Å²) >= 11 is 0. The fourth-order valence-electron chi connectivity index (χ4n) is 2.80. The molecule has 1 N–H and O–H groups in total. The number of carbonyl (C=O) groups is 1. The average molecular weight is 391 g/mol. The first-order valence-corrected chi connectivity index (χ1v) is 8.83. The van der Waals surface area contributed by atoms with Crippen molar-refractivity contribution in [2.24, 2.45) is 0 Å². The van der Waals surface area contributed by atoms with Crippen LogP contribution in [-0.2, 0) is 15.5 Å². The summed E-state index contributed by atoms with van der Waals surface area (Å²) in [6, 6.07) is 11.6. The number of amides is 1. The monoisotopic (exact) mass is 391 g/mol. The minimum absolute atomic E-state index is 0.0217. The Morgan fingerprint density at radius 1 is 0.964 bits per heavy atom. The number of rotatable bonds is 3. The first-order valence-electron chi connectivity index (χ1n) is 8.83. The lowest BCUT2D eigenvalue weighted by molar-refractivity contribution is -0.137. The van der Waals surface area contributed by atoms with Crippen molar-refractivity contribution in [3.8, 4) is 0 Å². The highest BCUT2D eigenvalue weighted by atomic mass is 19.4. The van der Waals surface area contributed by atoms with Crippen LogP contribution in [0, 0.1) is 0 Å². The van der Waals surface area contributed by atoms with Gasteiger partial charge in [0, 0.05) is 11.3 Å². The summed E-state index contributed by atoms with van der Waals surface area (Å²) in [5.41, 5.74) is -1.72. The molecule has 0 bridgehead atoms. The predicted molar refractivity (Wildman–Crippen MR) is 102 cm³/mol. The SMILES string of the molecule is CC1(C)OB(c2cc(NC(=O)c3ccccc3)cc(C(F)(F)F)c2)OC1(C)C. The van der Waals surface area contributed by atoms with Crippen molar-refractivity contribution >= 4 is 24.2 Å². The van der Waals surface area contributed by atoms with Crippen LogP contribution in [0.3, 0.4) is 0 Å². The lowest BCUT2D eigenvalue weighted by Crippen LogP contribution is -2.41. The molecule has 1 fully saturated rings. The molecule has 1 aliphatic rings. The molecule has 0 atom stereocenters. The van der Waals surface area contributed by atoms with E-state index in [0.29, 0.717) is 5.56 Å². The van der Waals surface area contributed by atoms with Crippen LogP contribution in [-0.4, -0.2) is 24.2 Å². The van der Waals surface area contributed by atoms with Crippen molar-refractivity contribution in [2.75, 3.05) is 5.32 Å². The standard InChI is InChI=1S/C20H21BF3NO3/c1-18(2)19(3,4)28-21(27-18)15-10-14(20(22,23)24)11-16(12-15)25-17(26)13-8-6-5-7-9-13/h5-12H,1-4H3,(H,25,26). The van der Waals surface area contributed by atoms with Gasteiger partial charge in [0.05, 0.1) is 16.8 Å². The molecule has 148 valence electrons. The van der Waals surface area contributed by atoms with Crippen LogP contribution in [0.4, 0.5) is 18.9 Å². The van der Waals surface area contributed by atoms with E-state index in [9.17, 15) is 18.0 Å². The molecule has 1 aliphatic heterocycles. The Labute approximate surface area is 162 Å². The maximum absolute atomic E-state index is 13.4. The summed E-state index contributed by atoms with van der Waals surface area (Å²) in [4.78, 5) is 12.4. The highest BCUT2D eigenvalue weighted by Crippen LogP contribution is 2.37. The topological polar surface area (TPSA) is 47.6 Å². The van der Waals surface area contributed by atoms with Crippen LogP contribution in [0.5, 0.6) is 0 Å². The zero-order valence-corrected chi connectivity index (χ0v) is 16.1. The predicted octanol–water partition coefficient (Wildman–Crippen LogP) is 4.26. The summed E-state index contributed by atoms with van der Waals surface area (Å²) in [6.07, 6.45) is -4.58. The number of carbonyl (C=O) groups excluding carboxylic acids is 1. The smallest absolute Gasteiger partial charge is 0.399 e. The summed E-state index contributed by atoms with van der Waals surface area (Å²) in [5.74, 6) is -0.500. The number of benzene rings is 2. The van der Waals surface area contributed by atoms with Gasteiger partial charge >= 0.3 is 13.3 Å². The molecule has 4 nitrogen and oxygen atoms in total. The fraction of sp³-hybridized carbons (Fsp3) is 0.350. The fourth-order valence-corrected chi connectivity index (χ4v) is 2.80. The summed E-state index contributed by atoms with van der Waals surface area (Å²) in [7, 11) is -0.973. The van der Waals surface area contributed by atoms with Crippen LogP contribution >= 0.6 is 0 Å². The van der Waals surface area contributed by atoms with Crippen molar-refractivity contribution in [1.82, 2.24) is 0 Å². The number of anilines is 1. The molecule has 0 aliphatic carbocycles. The van der Waals surface area contributed by atoms with Crippen LogP contribution in [0.25, 0.3) is 0 Å². The van der Waals surface area contributed by atoms with E-state index in [2.05, 4.69) is 5.32 Å². The first kappa shape index (κ1) is 20.4. The molecule has 0 spiro atoms. The zero-order valence-electron chi connectivity index (χ0n) is 16.1. The van der Waals surface area contributed by atoms with Gasteiger partial charge in [0.25, 0.3) is 5.91 Å². The zero-order chi connectivity index (χ0) is 20.7. The van der Waals surface area contributed by atoms with Crippen molar-refractivity contribution < 1.29 is 27.3 Å². The van der Waals surface area contributed by atoms with Crippen molar-refractivity contribution in [2.45, 2.75) is 45.1 Å². The third-order valence-electron chi connectivity index (χ3n) is 5.10. The molecular weight excluding hydrogens is 370 g/mol. The van der Waals surface area contributed by atoms with E-state index in [-0.39, 0.29) is 11.2 Å². The first-order chi connectivity index (χ1) is 12.9. The van der Waals surface area contributed by atoms with E-state index < -0.39 is 36.0 Å². The van der Waals surface area contributed by atoms with Gasteiger partial charge in [0.1, 0.15) is 0 Å². The third-order valence-corrected chi connectivity index (χ3v) is 5.10. The Morgan fingerprint density at radius 2 is 1.54 bits per heavy atom. The third kappa shape index (κ3) is 4.08. The second-order valence-electron chi connectivity index (χ2n) is 7.75. The van der Waals surface area contributed by atoms with Gasteiger partial charge in [-0.25, -0.2) is 0 Å². The molecule has 0 radical (unpaired) electrons. The molecule has 0 unspecified atom stereocenters. The number of hydrogen-bond acceptors (Lipinski definition) is 3.